The zero-order valence-electron chi connectivity index (χ0n) is 20.7. The van der Waals surface area contributed by atoms with Gasteiger partial charge < -0.3 is 29.3 Å². The first-order valence-corrected chi connectivity index (χ1v) is 14.2. The van der Waals surface area contributed by atoms with Crippen LogP contribution in [0.25, 0.3) is 0 Å². The van der Waals surface area contributed by atoms with Crippen LogP contribution in [0.3, 0.4) is 0 Å². The molecule has 0 saturated carbocycles. The molecular formula is C22H38O9P2. The lowest BCUT2D eigenvalue weighted by molar-refractivity contribution is -0.136. The maximum atomic E-state index is 13.9. The molecule has 9 nitrogen and oxygen atoms in total. The SMILES string of the molecule is CCOP(=O)(OCC)C(O)(c1cc(C(C)(C)C)c(O)c(C(C)(C)C)c1)P(=O)(O)CCC(=O)O. The summed E-state index contributed by atoms with van der Waals surface area (Å²) in [5.41, 5.74) is -0.871. The monoisotopic (exact) mass is 508 g/mol. The van der Waals surface area contributed by atoms with Crippen molar-refractivity contribution in [1.29, 1.82) is 0 Å². The maximum absolute atomic E-state index is 13.9. The highest BCUT2D eigenvalue weighted by molar-refractivity contribution is 7.75. The van der Waals surface area contributed by atoms with Crippen molar-refractivity contribution in [2.45, 2.75) is 77.7 Å². The smallest absolute Gasteiger partial charge is 0.376 e. The van der Waals surface area contributed by atoms with Crippen molar-refractivity contribution in [3.05, 3.63) is 28.8 Å². The first-order valence-electron chi connectivity index (χ1n) is 10.8. The zero-order chi connectivity index (χ0) is 26.0. The van der Waals surface area contributed by atoms with E-state index in [9.17, 15) is 29.0 Å². The van der Waals surface area contributed by atoms with E-state index in [1.54, 1.807) is 0 Å². The number of carboxylic acid groups (broad SMARTS) is 1. The number of rotatable bonds is 10. The number of hydrogen-bond donors (Lipinski definition) is 4. The molecule has 2 unspecified atom stereocenters. The molecule has 1 aromatic rings. The summed E-state index contributed by atoms with van der Waals surface area (Å²) in [6, 6.07) is 2.64. The normalized spacial score (nSPS) is 16.8. The summed E-state index contributed by atoms with van der Waals surface area (Å²) in [5, 5.41) is 28.9. The van der Waals surface area contributed by atoms with E-state index in [1.807, 2.05) is 41.5 Å². The van der Waals surface area contributed by atoms with Gasteiger partial charge in [-0.25, -0.2) is 0 Å². The molecule has 0 spiro atoms. The van der Waals surface area contributed by atoms with Crippen LogP contribution in [0.2, 0.25) is 0 Å². The number of carbonyl (C=O) groups is 1. The quantitative estimate of drug-likeness (QED) is 0.316. The summed E-state index contributed by atoms with van der Waals surface area (Å²) in [6.45, 7) is 13.4. The number of aromatic hydroxyl groups is 1. The second-order valence-corrected chi connectivity index (χ2v) is 15.0. The molecular weight excluding hydrogens is 470 g/mol. The van der Waals surface area contributed by atoms with Crippen LogP contribution in [-0.2, 0) is 38.9 Å². The van der Waals surface area contributed by atoms with Gasteiger partial charge in [0, 0.05) is 11.7 Å². The summed E-state index contributed by atoms with van der Waals surface area (Å²) in [5.74, 6) is -1.41. The van der Waals surface area contributed by atoms with Crippen molar-refractivity contribution in [2.75, 3.05) is 19.4 Å². The highest BCUT2D eigenvalue weighted by Crippen LogP contribution is 2.79. The van der Waals surface area contributed by atoms with Gasteiger partial charge in [-0.1, -0.05) is 41.5 Å². The summed E-state index contributed by atoms with van der Waals surface area (Å²) in [7, 11) is -9.69. The lowest BCUT2D eigenvalue weighted by atomic mass is 9.78. The van der Waals surface area contributed by atoms with Crippen molar-refractivity contribution >= 4 is 20.9 Å². The molecule has 0 aliphatic heterocycles. The Morgan fingerprint density at radius 1 is 0.939 bits per heavy atom. The first kappa shape index (κ1) is 29.8. The maximum Gasteiger partial charge on any atom is 0.376 e. The Kier molecular flexibility index (Phi) is 9.21. The third kappa shape index (κ3) is 6.08. The van der Waals surface area contributed by atoms with E-state index in [0.29, 0.717) is 11.1 Å². The fraction of sp³-hybridized carbons (Fsp3) is 0.682. The molecule has 0 aromatic heterocycles. The topological polar surface area (TPSA) is 151 Å². The van der Waals surface area contributed by atoms with Gasteiger partial charge in [0.05, 0.1) is 19.6 Å². The van der Waals surface area contributed by atoms with E-state index in [0.717, 1.165) is 0 Å². The van der Waals surface area contributed by atoms with Crippen molar-refractivity contribution < 1.29 is 43.2 Å². The predicted molar refractivity (Wildman–Crippen MR) is 127 cm³/mol. The van der Waals surface area contributed by atoms with Crippen LogP contribution in [0, 0.1) is 0 Å². The van der Waals surface area contributed by atoms with Crippen LogP contribution in [0.15, 0.2) is 12.1 Å². The minimum atomic E-state index is -4.95. The van der Waals surface area contributed by atoms with E-state index in [2.05, 4.69) is 0 Å². The number of carboxylic acids is 1. The van der Waals surface area contributed by atoms with Gasteiger partial charge in [-0.2, -0.15) is 0 Å². The van der Waals surface area contributed by atoms with E-state index < -0.39 is 49.4 Å². The Balaban J connectivity index is 4.18. The summed E-state index contributed by atoms with van der Waals surface area (Å²) >= 11 is 0. The van der Waals surface area contributed by atoms with E-state index in [-0.39, 0.29) is 24.5 Å². The third-order valence-electron chi connectivity index (χ3n) is 5.21. The molecule has 2 atom stereocenters. The van der Waals surface area contributed by atoms with Gasteiger partial charge in [0.1, 0.15) is 5.75 Å². The first-order chi connectivity index (χ1) is 14.8. The largest absolute Gasteiger partial charge is 0.507 e. The lowest BCUT2D eigenvalue weighted by Gasteiger charge is -2.39. The van der Waals surface area contributed by atoms with Crippen molar-refractivity contribution in [2.24, 2.45) is 0 Å². The molecule has 1 rings (SSSR count). The van der Waals surface area contributed by atoms with Crippen LogP contribution in [0.5, 0.6) is 5.75 Å². The highest BCUT2D eigenvalue weighted by Gasteiger charge is 2.63. The molecule has 1 aromatic carbocycles. The molecule has 11 heteroatoms. The lowest BCUT2D eigenvalue weighted by Crippen LogP contribution is -2.31. The van der Waals surface area contributed by atoms with Gasteiger partial charge in [0.2, 0.25) is 7.37 Å². The number of benzene rings is 1. The van der Waals surface area contributed by atoms with Crippen LogP contribution < -0.4 is 0 Å². The van der Waals surface area contributed by atoms with Gasteiger partial charge in [0.15, 0.2) is 0 Å². The fourth-order valence-corrected chi connectivity index (χ4v) is 8.56. The molecule has 0 aliphatic carbocycles. The number of phenols is 1. The van der Waals surface area contributed by atoms with Gasteiger partial charge in [-0.05, 0) is 47.9 Å². The van der Waals surface area contributed by atoms with Gasteiger partial charge in [-0.15, -0.1) is 0 Å². The molecule has 0 heterocycles. The van der Waals surface area contributed by atoms with Crippen LogP contribution >= 0.6 is 15.0 Å². The Bertz CT molecular complexity index is 915. The van der Waals surface area contributed by atoms with E-state index in [1.165, 1.54) is 26.0 Å². The van der Waals surface area contributed by atoms with Gasteiger partial charge in [-0.3, -0.25) is 13.9 Å². The summed E-state index contributed by atoms with van der Waals surface area (Å²) in [6.07, 6.45) is -1.61. The minimum Gasteiger partial charge on any atom is -0.507 e. The molecule has 0 bridgehead atoms. The molecule has 190 valence electrons. The minimum absolute atomic E-state index is 0.0536. The Morgan fingerprint density at radius 2 is 1.33 bits per heavy atom. The number of aliphatic hydroxyl groups is 1. The third-order valence-corrected chi connectivity index (χ3v) is 11.2. The molecule has 33 heavy (non-hydrogen) atoms. The molecule has 0 radical (unpaired) electrons. The average molecular weight is 508 g/mol. The Hall–Kier alpha value is -1.21. The Morgan fingerprint density at radius 3 is 1.64 bits per heavy atom. The second kappa shape index (κ2) is 10.2. The number of hydrogen-bond acceptors (Lipinski definition) is 7. The molecule has 0 fully saturated rings. The fourth-order valence-electron chi connectivity index (χ4n) is 3.48. The number of phenolic OH excluding ortho intramolecular Hbond substituents is 1. The van der Waals surface area contributed by atoms with Crippen LogP contribution in [-0.4, -0.2) is 45.6 Å². The van der Waals surface area contributed by atoms with Crippen molar-refractivity contribution in [1.82, 2.24) is 0 Å². The van der Waals surface area contributed by atoms with Crippen molar-refractivity contribution in [3.8, 4) is 5.75 Å². The average Bonchev–Trinajstić information content (AvgIpc) is 2.64. The van der Waals surface area contributed by atoms with Crippen molar-refractivity contribution in [3.63, 3.8) is 0 Å². The second-order valence-electron chi connectivity index (χ2n) is 9.96. The predicted octanol–water partition coefficient (Wildman–Crippen LogP) is 5.10. The van der Waals surface area contributed by atoms with Crippen LogP contribution in [0.4, 0.5) is 0 Å². The molecule has 0 amide bonds. The molecule has 4 N–H and O–H groups in total. The van der Waals surface area contributed by atoms with Gasteiger partial charge in [0.25, 0.3) is 5.08 Å². The Labute approximate surface area is 196 Å². The number of aliphatic carboxylic acids is 1. The zero-order valence-corrected chi connectivity index (χ0v) is 22.5. The van der Waals surface area contributed by atoms with Gasteiger partial charge >= 0.3 is 13.6 Å². The van der Waals surface area contributed by atoms with Crippen LogP contribution in [0.1, 0.15) is 78.5 Å². The van der Waals surface area contributed by atoms with E-state index in [4.69, 9.17) is 14.2 Å². The summed E-state index contributed by atoms with van der Waals surface area (Å²) < 4.78 is 38.1. The summed E-state index contributed by atoms with van der Waals surface area (Å²) in [4.78, 5) is 22.2. The molecule has 0 aliphatic rings. The van der Waals surface area contributed by atoms with E-state index >= 15 is 0 Å². The standard InChI is InChI=1S/C22H38O9P2/c1-9-30-33(29,31-10-2)22(26,32(27,28)12-11-18(23)24)15-13-16(20(3,4)5)19(25)17(14-15)21(6,7)8/h13-14,25-26H,9-12H2,1-8H3,(H,23,24)(H,27,28). The molecule has 0 saturated heterocycles. The highest BCUT2D eigenvalue weighted by atomic mass is 31.2.